The smallest absolute Gasteiger partial charge is 0.236 e. The van der Waals surface area contributed by atoms with Crippen molar-refractivity contribution in [2.24, 2.45) is 0 Å². The minimum Gasteiger partial charge on any atom is -0.336 e. The molecule has 0 aromatic rings. The first kappa shape index (κ1) is 11.3. The van der Waals surface area contributed by atoms with Crippen LogP contribution >= 0.6 is 11.8 Å². The predicted molar refractivity (Wildman–Crippen MR) is 64.1 cm³/mol. The Hall–Kier alpha value is -0.220. The molecule has 2 aliphatic heterocycles. The first-order valence-electron chi connectivity index (χ1n) is 5.92. The monoisotopic (exact) mass is 228 g/mol. The average molecular weight is 228 g/mol. The molecule has 1 unspecified atom stereocenters. The molecule has 0 bridgehead atoms. The highest BCUT2D eigenvalue weighted by atomic mass is 32.2. The predicted octanol–water partition coefficient (Wildman–Crippen LogP) is 1.09. The summed E-state index contributed by atoms with van der Waals surface area (Å²) in [5.41, 5.74) is 0. The molecule has 1 N–H and O–H groups in total. The summed E-state index contributed by atoms with van der Waals surface area (Å²) >= 11 is 1.86. The van der Waals surface area contributed by atoms with Crippen LogP contribution in [0.5, 0.6) is 0 Å². The number of nitrogens with one attached hydrogen (secondary N) is 1. The number of piperazine rings is 1. The molecule has 15 heavy (non-hydrogen) atoms. The van der Waals surface area contributed by atoms with Crippen molar-refractivity contribution in [3.8, 4) is 0 Å². The van der Waals surface area contributed by atoms with E-state index >= 15 is 0 Å². The summed E-state index contributed by atoms with van der Waals surface area (Å²) in [6.07, 6.45) is 3.59. The van der Waals surface area contributed by atoms with Crippen molar-refractivity contribution in [2.45, 2.75) is 37.5 Å². The summed E-state index contributed by atoms with van der Waals surface area (Å²) in [7, 11) is 0. The van der Waals surface area contributed by atoms with E-state index in [2.05, 4.69) is 17.1 Å². The second-order valence-corrected chi connectivity index (χ2v) is 5.75. The van der Waals surface area contributed by atoms with Crippen molar-refractivity contribution < 1.29 is 4.79 Å². The Bertz CT molecular complexity index is 229. The van der Waals surface area contributed by atoms with Crippen LogP contribution in [0.25, 0.3) is 0 Å². The van der Waals surface area contributed by atoms with E-state index in [1.54, 1.807) is 0 Å². The molecule has 0 radical (unpaired) electrons. The molecule has 2 aliphatic rings. The topological polar surface area (TPSA) is 32.3 Å². The Labute approximate surface area is 96.0 Å². The van der Waals surface area contributed by atoms with Gasteiger partial charge in [0.2, 0.25) is 5.91 Å². The molecule has 0 spiro atoms. The highest BCUT2D eigenvalue weighted by molar-refractivity contribution is 8.00. The lowest BCUT2D eigenvalue weighted by Crippen LogP contribution is -2.54. The van der Waals surface area contributed by atoms with E-state index in [1.807, 2.05) is 11.8 Å². The van der Waals surface area contributed by atoms with Crippen molar-refractivity contribution in [1.82, 2.24) is 10.2 Å². The Morgan fingerprint density at radius 3 is 3.00 bits per heavy atom. The summed E-state index contributed by atoms with van der Waals surface area (Å²) < 4.78 is 0. The Balaban J connectivity index is 1.92. The molecule has 2 heterocycles. The normalized spacial score (nSPS) is 32.7. The molecule has 2 rings (SSSR count). The van der Waals surface area contributed by atoms with Crippen LogP contribution in [0, 0.1) is 0 Å². The van der Waals surface area contributed by atoms with Crippen molar-refractivity contribution in [2.75, 3.05) is 25.4 Å². The quantitative estimate of drug-likeness (QED) is 0.729. The average Bonchev–Trinajstić information content (AvgIpc) is 2.30. The highest BCUT2D eigenvalue weighted by Gasteiger charge is 2.30. The van der Waals surface area contributed by atoms with Gasteiger partial charge in [-0.1, -0.05) is 6.42 Å². The van der Waals surface area contributed by atoms with E-state index in [4.69, 9.17) is 0 Å². The number of carbonyl (C=O) groups excluding carboxylic acids is 1. The number of rotatable bonds is 1. The Kier molecular flexibility index (Phi) is 3.92. The summed E-state index contributed by atoms with van der Waals surface area (Å²) in [4.78, 5) is 14.3. The van der Waals surface area contributed by atoms with Gasteiger partial charge in [0.1, 0.15) is 0 Å². The van der Waals surface area contributed by atoms with E-state index in [0.717, 1.165) is 31.8 Å². The molecule has 2 saturated heterocycles. The summed E-state index contributed by atoms with van der Waals surface area (Å²) in [5, 5.41) is 3.57. The Morgan fingerprint density at radius 1 is 1.47 bits per heavy atom. The summed E-state index contributed by atoms with van der Waals surface area (Å²) in [5.74, 6) is 1.55. The molecule has 0 saturated carbocycles. The van der Waals surface area contributed by atoms with Crippen LogP contribution in [0.15, 0.2) is 0 Å². The second-order valence-electron chi connectivity index (χ2n) is 4.44. The van der Waals surface area contributed by atoms with Crippen LogP contribution in [0.4, 0.5) is 0 Å². The fourth-order valence-electron chi connectivity index (χ4n) is 2.29. The third-order valence-corrected chi connectivity index (χ3v) is 4.60. The van der Waals surface area contributed by atoms with Crippen molar-refractivity contribution in [3.05, 3.63) is 0 Å². The maximum atomic E-state index is 12.2. The van der Waals surface area contributed by atoms with Gasteiger partial charge in [-0.25, -0.2) is 0 Å². The fraction of sp³-hybridized carbons (Fsp3) is 0.909. The van der Waals surface area contributed by atoms with Gasteiger partial charge in [0.05, 0.1) is 5.25 Å². The summed E-state index contributed by atoms with van der Waals surface area (Å²) in [6.45, 7) is 4.92. The van der Waals surface area contributed by atoms with Gasteiger partial charge in [-0.15, -0.1) is 11.8 Å². The van der Waals surface area contributed by atoms with Crippen molar-refractivity contribution in [3.63, 3.8) is 0 Å². The van der Waals surface area contributed by atoms with Gasteiger partial charge >= 0.3 is 0 Å². The standard InChI is InChI=1S/C11H20N2OS/c1-9-8-12-5-6-13(9)11(14)10-4-2-3-7-15-10/h9-10,12H,2-8H2,1H3/t9-,10?/m1/s1. The maximum absolute atomic E-state index is 12.2. The van der Waals surface area contributed by atoms with Crippen LogP contribution in [-0.4, -0.2) is 47.5 Å². The molecule has 1 amide bonds. The second kappa shape index (κ2) is 5.21. The molecule has 86 valence electrons. The lowest BCUT2D eigenvalue weighted by molar-refractivity contribution is -0.133. The molecule has 4 heteroatoms. The number of carbonyl (C=O) groups is 1. The van der Waals surface area contributed by atoms with Gasteiger partial charge < -0.3 is 10.2 Å². The zero-order chi connectivity index (χ0) is 10.7. The Morgan fingerprint density at radius 2 is 2.33 bits per heavy atom. The lowest BCUT2D eigenvalue weighted by atomic mass is 10.1. The maximum Gasteiger partial charge on any atom is 0.236 e. The van der Waals surface area contributed by atoms with Gasteiger partial charge in [-0.05, 0) is 25.5 Å². The zero-order valence-corrected chi connectivity index (χ0v) is 10.2. The van der Waals surface area contributed by atoms with Crippen LogP contribution in [-0.2, 0) is 4.79 Å². The van der Waals surface area contributed by atoms with Crippen molar-refractivity contribution in [1.29, 1.82) is 0 Å². The van der Waals surface area contributed by atoms with E-state index in [1.165, 1.54) is 12.8 Å². The fourth-order valence-corrected chi connectivity index (χ4v) is 3.56. The van der Waals surface area contributed by atoms with Gasteiger partial charge in [-0.2, -0.15) is 0 Å². The highest BCUT2D eigenvalue weighted by Crippen LogP contribution is 2.27. The van der Waals surface area contributed by atoms with Gasteiger partial charge in [0, 0.05) is 25.7 Å². The molecule has 0 aromatic carbocycles. The number of hydrogen-bond acceptors (Lipinski definition) is 3. The largest absolute Gasteiger partial charge is 0.336 e. The van der Waals surface area contributed by atoms with Gasteiger partial charge in [0.25, 0.3) is 0 Å². The molecule has 0 aromatic heterocycles. The third kappa shape index (κ3) is 2.67. The van der Waals surface area contributed by atoms with Crippen LogP contribution in [0.3, 0.4) is 0 Å². The molecule has 2 fully saturated rings. The lowest BCUT2D eigenvalue weighted by Gasteiger charge is -2.37. The number of amides is 1. The van der Waals surface area contributed by atoms with E-state index in [9.17, 15) is 4.79 Å². The SMILES string of the molecule is C[C@@H]1CNCCN1C(=O)C1CCCCS1. The molecular weight excluding hydrogens is 208 g/mol. The zero-order valence-electron chi connectivity index (χ0n) is 9.37. The first-order chi connectivity index (χ1) is 7.29. The molecule has 3 nitrogen and oxygen atoms in total. The number of hydrogen-bond donors (Lipinski definition) is 1. The molecule has 2 atom stereocenters. The van der Waals surface area contributed by atoms with Crippen LogP contribution < -0.4 is 5.32 Å². The summed E-state index contributed by atoms with van der Waals surface area (Å²) in [6, 6.07) is 0.369. The van der Waals surface area contributed by atoms with E-state index < -0.39 is 0 Å². The third-order valence-electron chi connectivity index (χ3n) is 3.24. The molecule has 0 aliphatic carbocycles. The van der Waals surface area contributed by atoms with E-state index in [0.29, 0.717) is 11.9 Å². The molecular formula is C11H20N2OS. The van der Waals surface area contributed by atoms with Crippen molar-refractivity contribution >= 4 is 17.7 Å². The van der Waals surface area contributed by atoms with Gasteiger partial charge in [0.15, 0.2) is 0 Å². The van der Waals surface area contributed by atoms with Gasteiger partial charge in [-0.3, -0.25) is 4.79 Å². The van der Waals surface area contributed by atoms with Crippen LogP contribution in [0.1, 0.15) is 26.2 Å². The van der Waals surface area contributed by atoms with E-state index in [-0.39, 0.29) is 5.25 Å². The minimum atomic E-state index is 0.249. The number of nitrogens with zero attached hydrogens (tertiary/aromatic N) is 1. The minimum absolute atomic E-state index is 0.249. The first-order valence-corrected chi connectivity index (χ1v) is 6.96. The number of thioether (sulfide) groups is 1. The van der Waals surface area contributed by atoms with Crippen LogP contribution in [0.2, 0.25) is 0 Å².